The van der Waals surface area contributed by atoms with Gasteiger partial charge in [-0.15, -0.1) is 12.4 Å². The molecule has 0 spiro atoms. The maximum atomic E-state index is 11.9. The van der Waals surface area contributed by atoms with Gasteiger partial charge in [-0.25, -0.2) is 12.9 Å². The van der Waals surface area contributed by atoms with Gasteiger partial charge >= 0.3 is 0 Å². The second-order valence-corrected chi connectivity index (χ2v) is 6.59. The number of hydrogen-bond acceptors (Lipinski definition) is 3. The quantitative estimate of drug-likeness (QED) is 0.817. The molecule has 0 amide bonds. The van der Waals surface area contributed by atoms with Gasteiger partial charge in [0.15, 0.2) is 0 Å². The molecular weight excluding hydrogens is 234 g/mol. The van der Waals surface area contributed by atoms with E-state index in [0.29, 0.717) is 5.92 Å². The third-order valence-electron chi connectivity index (χ3n) is 2.71. The zero-order valence-electron chi connectivity index (χ0n) is 9.73. The Bertz CT molecular complexity index is 281. The predicted molar refractivity (Wildman–Crippen MR) is 67.9 cm³/mol. The standard InChI is InChI=1S/C9H21N3OS.ClH/c1-12(2)14(3,13)11-8-9-4-6-10-7-5-9;/h9-10H,4-8H2,1-3H3;1H. The number of nitrogens with one attached hydrogen (secondary N) is 1. The van der Waals surface area contributed by atoms with Crippen LogP contribution in [0.1, 0.15) is 12.8 Å². The predicted octanol–water partition coefficient (Wildman–Crippen LogP) is 0.982. The maximum Gasteiger partial charge on any atom is 0.106 e. The highest BCUT2D eigenvalue weighted by Crippen LogP contribution is 2.12. The van der Waals surface area contributed by atoms with Crippen molar-refractivity contribution in [1.29, 1.82) is 0 Å². The lowest BCUT2D eigenvalue weighted by Gasteiger charge is -2.21. The minimum absolute atomic E-state index is 0. The molecule has 1 aliphatic rings. The lowest BCUT2D eigenvalue weighted by atomic mass is 9.99. The van der Waals surface area contributed by atoms with Crippen LogP contribution in [0.3, 0.4) is 0 Å². The summed E-state index contributed by atoms with van der Waals surface area (Å²) in [7, 11) is 1.52. The fraction of sp³-hybridized carbons (Fsp3) is 1.00. The Balaban J connectivity index is 0.00000196. The van der Waals surface area contributed by atoms with Crippen LogP contribution in [0.4, 0.5) is 0 Å². The van der Waals surface area contributed by atoms with Crippen molar-refractivity contribution in [3.63, 3.8) is 0 Å². The van der Waals surface area contributed by atoms with E-state index in [2.05, 4.69) is 9.68 Å². The van der Waals surface area contributed by atoms with Crippen LogP contribution in [0.15, 0.2) is 4.36 Å². The van der Waals surface area contributed by atoms with Gasteiger partial charge in [-0.2, -0.15) is 0 Å². The zero-order chi connectivity index (χ0) is 10.6. The number of hydrogen-bond donors (Lipinski definition) is 1. The van der Waals surface area contributed by atoms with Crippen LogP contribution in [-0.2, 0) is 9.92 Å². The molecule has 0 aromatic heterocycles. The number of halogens is 1. The molecule has 0 radical (unpaired) electrons. The molecule has 1 N–H and O–H groups in total. The number of nitrogens with zero attached hydrogens (tertiary/aromatic N) is 2. The molecular formula is C9H22ClN3OS. The van der Waals surface area contributed by atoms with Gasteiger partial charge in [-0.3, -0.25) is 0 Å². The van der Waals surface area contributed by atoms with Crippen molar-refractivity contribution in [3.05, 3.63) is 0 Å². The molecule has 6 heteroatoms. The highest BCUT2D eigenvalue weighted by Gasteiger charge is 2.13. The molecule has 1 atom stereocenters. The van der Waals surface area contributed by atoms with E-state index in [1.807, 2.05) is 14.1 Å². The van der Waals surface area contributed by atoms with E-state index >= 15 is 0 Å². The summed E-state index contributed by atoms with van der Waals surface area (Å²) in [6, 6.07) is 0. The second-order valence-electron chi connectivity index (χ2n) is 4.08. The smallest absolute Gasteiger partial charge is 0.106 e. The van der Waals surface area contributed by atoms with E-state index in [1.165, 1.54) is 0 Å². The number of rotatable bonds is 3. The first-order valence-corrected chi connectivity index (χ1v) is 6.96. The van der Waals surface area contributed by atoms with E-state index in [4.69, 9.17) is 0 Å². The number of piperidine rings is 1. The monoisotopic (exact) mass is 255 g/mol. The average Bonchev–Trinajstić information content (AvgIpc) is 2.16. The van der Waals surface area contributed by atoms with Crippen molar-refractivity contribution >= 4 is 22.3 Å². The van der Waals surface area contributed by atoms with Crippen LogP contribution < -0.4 is 5.32 Å². The van der Waals surface area contributed by atoms with Gasteiger partial charge in [-0.05, 0) is 31.8 Å². The molecule has 0 aromatic carbocycles. The fourth-order valence-electron chi connectivity index (χ4n) is 1.42. The van der Waals surface area contributed by atoms with Gasteiger partial charge < -0.3 is 5.32 Å². The molecule has 1 aliphatic heterocycles. The normalized spacial score (nSPS) is 21.9. The second kappa shape index (κ2) is 6.68. The SMILES string of the molecule is CN(C)S(C)(=O)=NCC1CCNCC1.Cl. The van der Waals surface area contributed by atoms with Gasteiger partial charge in [0, 0.05) is 20.4 Å². The highest BCUT2D eigenvalue weighted by molar-refractivity contribution is 7.90. The average molecular weight is 256 g/mol. The Morgan fingerprint density at radius 2 is 1.93 bits per heavy atom. The van der Waals surface area contributed by atoms with Crippen molar-refractivity contribution in [3.8, 4) is 0 Å². The summed E-state index contributed by atoms with van der Waals surface area (Å²) < 4.78 is 17.9. The van der Waals surface area contributed by atoms with E-state index in [-0.39, 0.29) is 12.4 Å². The topological polar surface area (TPSA) is 44.7 Å². The van der Waals surface area contributed by atoms with E-state index < -0.39 is 9.92 Å². The molecule has 4 nitrogen and oxygen atoms in total. The van der Waals surface area contributed by atoms with Crippen molar-refractivity contribution in [2.24, 2.45) is 10.3 Å². The summed E-state index contributed by atoms with van der Waals surface area (Å²) in [5.41, 5.74) is 0. The van der Waals surface area contributed by atoms with E-state index in [0.717, 1.165) is 32.5 Å². The Kier molecular flexibility index (Phi) is 6.75. The van der Waals surface area contributed by atoms with Gasteiger partial charge in [0.1, 0.15) is 9.92 Å². The molecule has 0 saturated carbocycles. The Labute approximate surface area is 99.5 Å². The summed E-state index contributed by atoms with van der Waals surface area (Å²) in [5.74, 6) is 0.622. The minimum atomic E-state index is -2.11. The van der Waals surface area contributed by atoms with Gasteiger partial charge in [-0.1, -0.05) is 0 Å². The molecule has 1 unspecified atom stereocenters. The summed E-state index contributed by atoms with van der Waals surface area (Å²) >= 11 is 0. The summed E-state index contributed by atoms with van der Waals surface area (Å²) in [6.45, 7) is 2.90. The third-order valence-corrected chi connectivity index (χ3v) is 4.69. The summed E-state index contributed by atoms with van der Waals surface area (Å²) in [4.78, 5) is 0. The van der Waals surface area contributed by atoms with Gasteiger partial charge in [0.25, 0.3) is 0 Å². The Morgan fingerprint density at radius 3 is 2.40 bits per heavy atom. The van der Waals surface area contributed by atoms with Crippen LogP contribution in [0.25, 0.3) is 0 Å². The first-order valence-electron chi connectivity index (χ1n) is 5.08. The zero-order valence-corrected chi connectivity index (χ0v) is 11.4. The van der Waals surface area contributed by atoms with Crippen molar-refractivity contribution in [1.82, 2.24) is 9.62 Å². The molecule has 1 fully saturated rings. The van der Waals surface area contributed by atoms with Gasteiger partial charge in [0.05, 0.1) is 6.54 Å². The van der Waals surface area contributed by atoms with E-state index in [9.17, 15) is 4.21 Å². The molecule has 92 valence electrons. The molecule has 15 heavy (non-hydrogen) atoms. The lowest BCUT2D eigenvalue weighted by molar-refractivity contribution is 0.383. The van der Waals surface area contributed by atoms with Crippen LogP contribution >= 0.6 is 12.4 Å². The van der Waals surface area contributed by atoms with Gasteiger partial charge in [0.2, 0.25) is 0 Å². The molecule has 1 heterocycles. The van der Waals surface area contributed by atoms with Crippen LogP contribution in [0.5, 0.6) is 0 Å². The van der Waals surface area contributed by atoms with Crippen molar-refractivity contribution < 1.29 is 4.21 Å². The lowest BCUT2D eigenvalue weighted by Crippen LogP contribution is -2.29. The Morgan fingerprint density at radius 1 is 1.40 bits per heavy atom. The molecule has 0 bridgehead atoms. The first-order chi connectivity index (χ1) is 6.52. The molecule has 1 rings (SSSR count). The molecule has 1 saturated heterocycles. The molecule has 0 aliphatic carbocycles. The fourth-order valence-corrected chi connectivity index (χ4v) is 2.14. The highest BCUT2D eigenvalue weighted by atomic mass is 35.5. The van der Waals surface area contributed by atoms with Crippen molar-refractivity contribution in [2.45, 2.75) is 12.8 Å². The maximum absolute atomic E-state index is 11.9. The van der Waals surface area contributed by atoms with Crippen LogP contribution in [-0.4, -0.2) is 48.5 Å². The third kappa shape index (κ3) is 5.15. The van der Waals surface area contributed by atoms with Crippen LogP contribution in [0.2, 0.25) is 0 Å². The van der Waals surface area contributed by atoms with Crippen LogP contribution in [0, 0.1) is 5.92 Å². The minimum Gasteiger partial charge on any atom is -0.317 e. The molecule has 0 aromatic rings. The van der Waals surface area contributed by atoms with E-state index in [1.54, 1.807) is 10.6 Å². The summed E-state index contributed by atoms with van der Waals surface area (Å²) in [6.07, 6.45) is 4.02. The Hall–Kier alpha value is 0.160. The van der Waals surface area contributed by atoms with Crippen molar-refractivity contribution in [2.75, 3.05) is 40.0 Å². The summed E-state index contributed by atoms with van der Waals surface area (Å²) in [5, 5.41) is 3.31. The largest absolute Gasteiger partial charge is 0.317 e. The first kappa shape index (κ1) is 15.2.